The molecule has 2 fully saturated rings. The van der Waals surface area contributed by atoms with Crippen molar-refractivity contribution in [2.45, 2.75) is 33.2 Å². The Morgan fingerprint density at radius 2 is 2.00 bits per heavy atom. The average molecular weight is 673 g/mol. The van der Waals surface area contributed by atoms with E-state index < -0.39 is 10.0 Å². The van der Waals surface area contributed by atoms with Gasteiger partial charge in [-0.25, -0.2) is 18.4 Å². The molecule has 1 atom stereocenters. The number of H-pyrrole nitrogens is 1. The van der Waals surface area contributed by atoms with Crippen molar-refractivity contribution in [1.29, 1.82) is 0 Å². The molecule has 0 aliphatic carbocycles. The normalized spacial score (nSPS) is 18.5. The summed E-state index contributed by atoms with van der Waals surface area (Å²) < 4.78 is 40.9. The molecule has 0 unspecified atom stereocenters. The zero-order chi connectivity index (χ0) is 30.1. The molecule has 43 heavy (non-hydrogen) atoms. The summed E-state index contributed by atoms with van der Waals surface area (Å²) in [5, 5.41) is 3.55. The summed E-state index contributed by atoms with van der Waals surface area (Å²) in [7, 11) is -3.22. The van der Waals surface area contributed by atoms with Crippen LogP contribution in [0.3, 0.4) is 0 Å². The van der Waals surface area contributed by atoms with E-state index in [1.165, 1.54) is 0 Å². The number of pyridine rings is 1. The van der Waals surface area contributed by atoms with Crippen LogP contribution < -0.4 is 10.1 Å². The highest BCUT2D eigenvalue weighted by Gasteiger charge is 2.31. The first kappa shape index (κ1) is 30.1. The molecule has 0 saturated carbocycles. The number of nitrogens with zero attached hydrogens (tertiary/aromatic N) is 5. The van der Waals surface area contributed by atoms with Gasteiger partial charge in [-0.1, -0.05) is 6.07 Å². The van der Waals surface area contributed by atoms with Gasteiger partial charge in [0, 0.05) is 73.7 Å². The zero-order valence-corrected chi connectivity index (χ0v) is 27.2. The Bertz CT molecular complexity index is 1710. The summed E-state index contributed by atoms with van der Waals surface area (Å²) in [6, 6.07) is 10.3. The molecule has 3 aromatic heterocycles. The summed E-state index contributed by atoms with van der Waals surface area (Å²) in [6.07, 6.45) is 2.46. The number of sulfonamides is 1. The first-order valence-electron chi connectivity index (χ1n) is 14.7. The highest BCUT2D eigenvalue weighted by molar-refractivity contribution is 9.10. The number of anilines is 1. The molecule has 2 aliphatic heterocycles. The molecule has 230 valence electrons. The number of nitrogens with one attached hydrogen (secondary N) is 2. The smallest absolute Gasteiger partial charge is 0.213 e. The van der Waals surface area contributed by atoms with Gasteiger partial charge < -0.3 is 24.3 Å². The molecule has 2 N–H and O–H groups in total. The van der Waals surface area contributed by atoms with Gasteiger partial charge in [-0.3, -0.25) is 4.90 Å². The van der Waals surface area contributed by atoms with E-state index in [0.29, 0.717) is 25.3 Å². The van der Waals surface area contributed by atoms with Crippen molar-refractivity contribution < 1.29 is 17.9 Å². The summed E-state index contributed by atoms with van der Waals surface area (Å²) in [5.41, 5.74) is 6.34. The maximum absolute atomic E-state index is 12.4. The minimum absolute atomic E-state index is 0.0107. The largest absolute Gasteiger partial charge is 0.492 e. The number of fused-ring (bicyclic) bond motifs is 1. The Morgan fingerprint density at radius 3 is 2.79 bits per heavy atom. The van der Waals surface area contributed by atoms with Crippen LogP contribution in [0.15, 0.2) is 41.0 Å². The third kappa shape index (κ3) is 6.32. The van der Waals surface area contributed by atoms with Gasteiger partial charge in [-0.05, 0) is 61.3 Å². The van der Waals surface area contributed by atoms with Crippen molar-refractivity contribution in [3.8, 4) is 22.8 Å². The number of benzene rings is 1. The van der Waals surface area contributed by atoms with Gasteiger partial charge in [0.1, 0.15) is 23.7 Å². The number of hydrogen-bond acceptors (Lipinski definition) is 8. The monoisotopic (exact) mass is 671 g/mol. The third-order valence-corrected chi connectivity index (χ3v) is 10.7. The van der Waals surface area contributed by atoms with Crippen LogP contribution in [0, 0.1) is 13.8 Å². The molecular formula is C30H38BrN7O4S. The topological polar surface area (TPSA) is 118 Å². The second-order valence-electron chi connectivity index (χ2n) is 11.1. The van der Waals surface area contributed by atoms with Crippen molar-refractivity contribution in [1.82, 2.24) is 28.7 Å². The van der Waals surface area contributed by atoms with E-state index in [4.69, 9.17) is 14.5 Å². The molecule has 2 saturated heterocycles. The lowest BCUT2D eigenvalue weighted by atomic mass is 10.2. The Balaban J connectivity index is 1.23. The molecule has 11 nitrogen and oxygen atoms in total. The van der Waals surface area contributed by atoms with Crippen LogP contribution in [0.2, 0.25) is 0 Å². The molecule has 1 aromatic carbocycles. The number of morpholine rings is 1. The van der Waals surface area contributed by atoms with Crippen molar-refractivity contribution in [2.24, 2.45) is 0 Å². The van der Waals surface area contributed by atoms with Crippen molar-refractivity contribution in [3.05, 3.63) is 52.4 Å². The van der Waals surface area contributed by atoms with Crippen LogP contribution in [0.5, 0.6) is 5.75 Å². The Kier molecular flexibility index (Phi) is 8.79. The number of rotatable bonds is 10. The second kappa shape index (κ2) is 12.6. The maximum atomic E-state index is 12.4. The molecule has 2 aliphatic rings. The summed E-state index contributed by atoms with van der Waals surface area (Å²) >= 11 is 3.64. The van der Waals surface area contributed by atoms with Crippen LogP contribution in [-0.2, 0) is 14.8 Å². The number of aromatic amines is 1. The Morgan fingerprint density at radius 1 is 1.19 bits per heavy atom. The standard InChI is InChI=1S/C30H38BrN7O4S/c1-4-43(39,40)37-9-8-22(19-37)33-27-26(31)18-32-30-28(27)34-29(35-30)25-16-20(2)38(21(25)3)23-6-5-7-24(17-23)42-15-12-36-10-13-41-14-11-36/h5-7,16-18,22H,4,8-15,19H2,1-3H3,(H2,32,33,34,35)/t22-/m0/s1. The average Bonchev–Trinajstić information content (AvgIpc) is 3.73. The van der Waals surface area contributed by atoms with Crippen molar-refractivity contribution in [3.63, 3.8) is 0 Å². The fourth-order valence-corrected chi connectivity index (χ4v) is 7.49. The number of ether oxygens (including phenoxy) is 2. The van der Waals surface area contributed by atoms with Crippen molar-refractivity contribution >= 4 is 42.8 Å². The molecule has 0 amide bonds. The van der Waals surface area contributed by atoms with Crippen LogP contribution in [0.4, 0.5) is 5.69 Å². The number of imidazole rings is 1. The van der Waals surface area contributed by atoms with Gasteiger partial charge >= 0.3 is 0 Å². The molecular weight excluding hydrogens is 634 g/mol. The van der Waals surface area contributed by atoms with Crippen LogP contribution in [0.25, 0.3) is 28.2 Å². The third-order valence-electron chi connectivity index (χ3n) is 8.27. The van der Waals surface area contributed by atoms with E-state index in [0.717, 1.165) is 89.2 Å². The minimum Gasteiger partial charge on any atom is -0.492 e. The molecule has 13 heteroatoms. The van der Waals surface area contributed by atoms with Crippen LogP contribution in [-0.4, -0.2) is 101 Å². The first-order valence-corrected chi connectivity index (χ1v) is 17.1. The molecule has 0 bridgehead atoms. The van der Waals surface area contributed by atoms with Gasteiger partial charge in [0.15, 0.2) is 5.65 Å². The van der Waals surface area contributed by atoms with E-state index in [1.54, 1.807) is 17.4 Å². The second-order valence-corrected chi connectivity index (χ2v) is 14.2. The zero-order valence-electron chi connectivity index (χ0n) is 24.8. The van der Waals surface area contributed by atoms with Gasteiger partial charge in [0.2, 0.25) is 10.0 Å². The van der Waals surface area contributed by atoms with E-state index in [-0.39, 0.29) is 11.8 Å². The summed E-state index contributed by atoms with van der Waals surface area (Å²) in [5.74, 6) is 1.67. The fourth-order valence-electron chi connectivity index (χ4n) is 5.92. The van der Waals surface area contributed by atoms with Gasteiger partial charge in [0.25, 0.3) is 0 Å². The first-order chi connectivity index (χ1) is 20.7. The quantitative estimate of drug-likeness (QED) is 0.256. The molecule has 5 heterocycles. The minimum atomic E-state index is -3.22. The summed E-state index contributed by atoms with van der Waals surface area (Å²) in [6.45, 7) is 11.8. The number of aromatic nitrogens is 4. The Hall–Kier alpha value is -2.97. The fraction of sp³-hybridized carbons (Fsp3) is 0.467. The summed E-state index contributed by atoms with van der Waals surface area (Å²) in [4.78, 5) is 15.3. The highest BCUT2D eigenvalue weighted by Crippen LogP contribution is 2.35. The lowest BCUT2D eigenvalue weighted by molar-refractivity contribution is 0.0322. The molecule has 6 rings (SSSR count). The lowest BCUT2D eigenvalue weighted by Gasteiger charge is -2.26. The molecule has 0 spiro atoms. The van der Waals surface area contributed by atoms with Gasteiger partial charge in [-0.2, -0.15) is 4.31 Å². The SMILES string of the molecule is CCS(=O)(=O)N1CC[C@H](Nc2c(Br)cnc3nc(-c4cc(C)n(-c5cccc(OCCN6CCOCC6)c5)c4C)[nH]c23)C1. The van der Waals surface area contributed by atoms with E-state index in [2.05, 4.69) is 72.7 Å². The maximum Gasteiger partial charge on any atom is 0.213 e. The van der Waals surface area contributed by atoms with Crippen LogP contribution >= 0.6 is 15.9 Å². The number of aryl methyl sites for hydroxylation is 1. The Labute approximate surface area is 260 Å². The van der Waals surface area contributed by atoms with E-state index in [1.807, 2.05) is 12.1 Å². The van der Waals surface area contributed by atoms with Gasteiger partial charge in [-0.15, -0.1) is 0 Å². The predicted molar refractivity (Wildman–Crippen MR) is 172 cm³/mol. The van der Waals surface area contributed by atoms with Crippen LogP contribution in [0.1, 0.15) is 24.7 Å². The van der Waals surface area contributed by atoms with E-state index >= 15 is 0 Å². The predicted octanol–water partition coefficient (Wildman–Crippen LogP) is 4.34. The molecule has 4 aromatic rings. The van der Waals surface area contributed by atoms with Crippen molar-refractivity contribution in [2.75, 3.05) is 63.6 Å². The number of halogens is 1. The van der Waals surface area contributed by atoms with E-state index in [9.17, 15) is 8.42 Å². The van der Waals surface area contributed by atoms with Gasteiger partial charge in [0.05, 0.1) is 29.1 Å². The lowest BCUT2D eigenvalue weighted by Crippen LogP contribution is -2.38. The highest BCUT2D eigenvalue weighted by atomic mass is 79.9. The molecule has 0 radical (unpaired) electrons. The number of hydrogen-bond donors (Lipinski definition) is 2.